The standard InChI is InChI=1S/C12H19N3/c1-7(2)8-13-9-11(3,4)12(5,6)10(14-8)15-9/h7H,1-6H3. The molecule has 15 heavy (non-hydrogen) atoms. The van der Waals surface area contributed by atoms with E-state index in [0.717, 1.165) is 17.5 Å². The van der Waals surface area contributed by atoms with Crippen molar-refractivity contribution in [3.05, 3.63) is 17.5 Å². The van der Waals surface area contributed by atoms with Crippen LogP contribution in [0.1, 0.15) is 64.9 Å². The van der Waals surface area contributed by atoms with Gasteiger partial charge >= 0.3 is 0 Å². The summed E-state index contributed by atoms with van der Waals surface area (Å²) in [6.07, 6.45) is 0. The van der Waals surface area contributed by atoms with Crippen molar-refractivity contribution >= 4 is 0 Å². The molecule has 0 spiro atoms. The van der Waals surface area contributed by atoms with Crippen molar-refractivity contribution in [2.75, 3.05) is 0 Å². The van der Waals surface area contributed by atoms with Crippen LogP contribution in [0.15, 0.2) is 0 Å². The molecule has 3 heteroatoms. The van der Waals surface area contributed by atoms with Gasteiger partial charge in [0.05, 0.1) is 0 Å². The van der Waals surface area contributed by atoms with E-state index in [0.29, 0.717) is 5.92 Å². The van der Waals surface area contributed by atoms with Crippen molar-refractivity contribution in [2.24, 2.45) is 0 Å². The van der Waals surface area contributed by atoms with Gasteiger partial charge in [0.15, 0.2) is 0 Å². The second-order valence-electron chi connectivity index (χ2n) is 5.75. The van der Waals surface area contributed by atoms with E-state index in [-0.39, 0.29) is 10.8 Å². The van der Waals surface area contributed by atoms with Gasteiger partial charge in [0.25, 0.3) is 0 Å². The Kier molecular flexibility index (Phi) is 1.95. The van der Waals surface area contributed by atoms with Crippen LogP contribution in [0.2, 0.25) is 0 Å². The van der Waals surface area contributed by atoms with Crippen LogP contribution < -0.4 is 0 Å². The Hall–Kier alpha value is -0.990. The minimum atomic E-state index is -0.0114. The zero-order valence-corrected chi connectivity index (χ0v) is 10.4. The van der Waals surface area contributed by atoms with Gasteiger partial charge in [-0.15, -0.1) is 0 Å². The van der Waals surface area contributed by atoms with Crippen molar-refractivity contribution in [3.63, 3.8) is 0 Å². The Morgan fingerprint density at radius 2 is 1.20 bits per heavy atom. The Morgan fingerprint density at radius 3 is 1.53 bits per heavy atom. The lowest BCUT2D eigenvalue weighted by Crippen LogP contribution is -2.36. The van der Waals surface area contributed by atoms with E-state index < -0.39 is 0 Å². The van der Waals surface area contributed by atoms with E-state index >= 15 is 0 Å². The predicted octanol–water partition coefficient (Wildman–Crippen LogP) is 2.56. The maximum absolute atomic E-state index is 4.57. The third kappa shape index (κ3) is 1.22. The average Bonchev–Trinajstić information content (AvgIpc) is 2.26. The van der Waals surface area contributed by atoms with Crippen molar-refractivity contribution in [1.29, 1.82) is 0 Å². The van der Waals surface area contributed by atoms with E-state index in [1.165, 1.54) is 0 Å². The number of fused-ring (bicyclic) bond motifs is 2. The van der Waals surface area contributed by atoms with Gasteiger partial charge in [-0.2, -0.15) is 0 Å². The Balaban J connectivity index is 2.62. The molecular formula is C12H19N3. The predicted molar refractivity (Wildman–Crippen MR) is 60.0 cm³/mol. The first-order valence-electron chi connectivity index (χ1n) is 5.54. The average molecular weight is 205 g/mol. The molecule has 0 saturated carbocycles. The summed E-state index contributed by atoms with van der Waals surface area (Å²) >= 11 is 0. The van der Waals surface area contributed by atoms with Crippen LogP contribution in [0.4, 0.5) is 0 Å². The number of nitrogens with zero attached hydrogens (tertiary/aromatic N) is 3. The summed E-state index contributed by atoms with van der Waals surface area (Å²) in [5, 5.41) is 0. The topological polar surface area (TPSA) is 38.7 Å². The van der Waals surface area contributed by atoms with Gasteiger partial charge in [0, 0.05) is 16.7 Å². The van der Waals surface area contributed by atoms with E-state index in [9.17, 15) is 0 Å². The number of rotatable bonds is 1. The molecule has 0 unspecified atom stereocenters. The van der Waals surface area contributed by atoms with Crippen molar-refractivity contribution in [3.8, 4) is 0 Å². The molecule has 1 aromatic rings. The van der Waals surface area contributed by atoms with Crippen molar-refractivity contribution in [1.82, 2.24) is 15.0 Å². The quantitative estimate of drug-likeness (QED) is 0.707. The molecule has 0 aliphatic carbocycles. The van der Waals surface area contributed by atoms with Gasteiger partial charge < -0.3 is 0 Å². The van der Waals surface area contributed by atoms with Crippen LogP contribution in [0.5, 0.6) is 0 Å². The summed E-state index contributed by atoms with van der Waals surface area (Å²) in [6.45, 7) is 13.0. The number of hydrogen-bond donors (Lipinski definition) is 0. The van der Waals surface area contributed by atoms with E-state index in [2.05, 4.69) is 56.5 Å². The normalized spacial score (nSPS) is 21.0. The zero-order chi connectivity index (χ0) is 11.4. The van der Waals surface area contributed by atoms with Gasteiger partial charge in [-0.1, -0.05) is 41.5 Å². The third-order valence-electron chi connectivity index (χ3n) is 3.85. The molecule has 2 bridgehead atoms. The number of hydrogen-bond acceptors (Lipinski definition) is 3. The molecule has 0 amide bonds. The van der Waals surface area contributed by atoms with Gasteiger partial charge in [-0.05, 0) is 0 Å². The first-order chi connectivity index (χ1) is 6.76. The summed E-state index contributed by atoms with van der Waals surface area (Å²) < 4.78 is 0. The summed E-state index contributed by atoms with van der Waals surface area (Å²) in [5.74, 6) is 3.19. The molecule has 1 aliphatic heterocycles. The maximum Gasteiger partial charge on any atom is 0.139 e. The fraction of sp³-hybridized carbons (Fsp3) is 0.750. The van der Waals surface area contributed by atoms with Crippen molar-refractivity contribution < 1.29 is 0 Å². The highest BCUT2D eigenvalue weighted by Gasteiger charge is 2.49. The summed E-state index contributed by atoms with van der Waals surface area (Å²) in [5.41, 5.74) is -0.0229. The Bertz CT molecular complexity index is 373. The molecule has 0 N–H and O–H groups in total. The molecule has 0 aromatic carbocycles. The SMILES string of the molecule is CC(C)c1nc2nc(n1)C(C)(C)C2(C)C. The van der Waals surface area contributed by atoms with Crippen LogP contribution in [0.25, 0.3) is 0 Å². The monoisotopic (exact) mass is 205 g/mol. The van der Waals surface area contributed by atoms with Crippen LogP contribution >= 0.6 is 0 Å². The molecule has 1 aromatic heterocycles. The van der Waals surface area contributed by atoms with Crippen LogP contribution in [0, 0.1) is 0 Å². The first-order valence-corrected chi connectivity index (χ1v) is 5.54. The number of aromatic nitrogens is 3. The lowest BCUT2D eigenvalue weighted by Gasteiger charge is -2.31. The van der Waals surface area contributed by atoms with Gasteiger partial charge in [0.1, 0.15) is 17.5 Å². The Labute approximate surface area is 91.4 Å². The highest BCUT2D eigenvalue weighted by molar-refractivity contribution is 5.29. The van der Waals surface area contributed by atoms with E-state index in [4.69, 9.17) is 0 Å². The molecule has 0 atom stereocenters. The second-order valence-corrected chi connectivity index (χ2v) is 5.75. The molecule has 1 aliphatic rings. The summed E-state index contributed by atoms with van der Waals surface area (Å²) in [6, 6.07) is 0. The van der Waals surface area contributed by atoms with Crippen LogP contribution in [-0.2, 0) is 10.8 Å². The fourth-order valence-electron chi connectivity index (χ4n) is 1.77. The second kappa shape index (κ2) is 2.77. The summed E-state index contributed by atoms with van der Waals surface area (Å²) in [4.78, 5) is 13.6. The largest absolute Gasteiger partial charge is 0.217 e. The molecule has 82 valence electrons. The first kappa shape index (κ1) is 10.5. The zero-order valence-electron chi connectivity index (χ0n) is 10.4. The smallest absolute Gasteiger partial charge is 0.139 e. The minimum Gasteiger partial charge on any atom is -0.217 e. The van der Waals surface area contributed by atoms with Gasteiger partial charge in [-0.25, -0.2) is 15.0 Å². The van der Waals surface area contributed by atoms with Crippen LogP contribution in [-0.4, -0.2) is 15.0 Å². The van der Waals surface area contributed by atoms with E-state index in [1.807, 2.05) is 0 Å². The highest BCUT2D eigenvalue weighted by Crippen LogP contribution is 2.45. The summed E-state index contributed by atoms with van der Waals surface area (Å²) in [7, 11) is 0. The van der Waals surface area contributed by atoms with E-state index in [1.54, 1.807) is 0 Å². The molecule has 0 fully saturated rings. The molecule has 0 saturated heterocycles. The fourth-order valence-corrected chi connectivity index (χ4v) is 1.77. The van der Waals surface area contributed by atoms with Gasteiger partial charge in [0.2, 0.25) is 0 Å². The molecule has 2 rings (SSSR count). The van der Waals surface area contributed by atoms with Crippen molar-refractivity contribution in [2.45, 2.75) is 58.3 Å². The molecule has 2 heterocycles. The lowest BCUT2D eigenvalue weighted by atomic mass is 9.69. The maximum atomic E-state index is 4.57. The highest BCUT2D eigenvalue weighted by atomic mass is 15.1. The van der Waals surface area contributed by atoms with Crippen LogP contribution in [0.3, 0.4) is 0 Å². The van der Waals surface area contributed by atoms with Gasteiger partial charge in [-0.3, -0.25) is 0 Å². The minimum absolute atomic E-state index is 0.0114. The molecule has 3 nitrogen and oxygen atoms in total. The lowest BCUT2D eigenvalue weighted by molar-refractivity contribution is 0.313. The molecular weight excluding hydrogens is 186 g/mol. The molecule has 0 radical (unpaired) electrons. The Morgan fingerprint density at radius 1 is 0.800 bits per heavy atom. The third-order valence-corrected chi connectivity index (χ3v) is 3.85.